The van der Waals surface area contributed by atoms with Crippen LogP contribution < -0.4 is 4.74 Å². The van der Waals surface area contributed by atoms with Crippen LogP contribution in [0.4, 0.5) is 0 Å². The van der Waals surface area contributed by atoms with Gasteiger partial charge in [0, 0.05) is 5.75 Å². The summed E-state index contributed by atoms with van der Waals surface area (Å²) in [6, 6.07) is 24.0. The van der Waals surface area contributed by atoms with Crippen LogP contribution >= 0.6 is 11.8 Å². The average molecular weight is 392 g/mol. The molecule has 0 aliphatic rings. The van der Waals surface area contributed by atoms with Crippen LogP contribution in [0.15, 0.2) is 82.4 Å². The van der Waals surface area contributed by atoms with E-state index in [9.17, 15) is 5.11 Å². The molecule has 0 saturated heterocycles. The molecule has 1 heterocycles. The van der Waals surface area contributed by atoms with Gasteiger partial charge in [0.05, 0.1) is 12.5 Å². The first-order valence-electron chi connectivity index (χ1n) is 9.05. The van der Waals surface area contributed by atoms with Gasteiger partial charge in [-0.25, -0.2) is 0 Å². The number of ether oxygens (including phenoxy) is 1. The third-order valence-electron chi connectivity index (χ3n) is 4.21. The standard InChI is InChI=1S/C22H20N2O3S/c25-19(14-26-20-11-10-17-8-4-5-9-18(17)13-20)15-28-22-24-23-21(27-22)12-16-6-2-1-3-7-16/h1-11,13,19,25H,12,14-15H2/t19-/m1/s1. The Kier molecular flexibility index (Phi) is 5.89. The van der Waals surface area contributed by atoms with Crippen LogP contribution in [0.5, 0.6) is 5.75 Å². The van der Waals surface area contributed by atoms with Gasteiger partial charge in [-0.3, -0.25) is 0 Å². The zero-order valence-corrected chi connectivity index (χ0v) is 16.0. The van der Waals surface area contributed by atoms with Gasteiger partial charge in [0.2, 0.25) is 5.89 Å². The van der Waals surface area contributed by atoms with Crippen molar-refractivity contribution < 1.29 is 14.3 Å². The Hall–Kier alpha value is -2.83. The molecular weight excluding hydrogens is 372 g/mol. The summed E-state index contributed by atoms with van der Waals surface area (Å²) in [5, 5.41) is 21.0. The van der Waals surface area contributed by atoms with Gasteiger partial charge < -0.3 is 14.3 Å². The third kappa shape index (κ3) is 4.91. The number of aliphatic hydroxyl groups excluding tert-OH is 1. The second kappa shape index (κ2) is 8.91. The number of benzene rings is 3. The molecule has 0 radical (unpaired) electrons. The lowest BCUT2D eigenvalue weighted by Gasteiger charge is -2.11. The molecule has 0 bridgehead atoms. The number of fused-ring (bicyclic) bond motifs is 1. The molecule has 1 atom stereocenters. The smallest absolute Gasteiger partial charge is 0.276 e. The van der Waals surface area contributed by atoms with Gasteiger partial charge in [-0.05, 0) is 28.5 Å². The van der Waals surface area contributed by atoms with Crippen LogP contribution in [0.3, 0.4) is 0 Å². The molecule has 0 aliphatic heterocycles. The fraction of sp³-hybridized carbons (Fsp3) is 0.182. The van der Waals surface area contributed by atoms with Crippen LogP contribution in [-0.4, -0.2) is 33.8 Å². The molecule has 0 unspecified atom stereocenters. The largest absolute Gasteiger partial charge is 0.491 e. The minimum Gasteiger partial charge on any atom is -0.491 e. The molecule has 3 aromatic carbocycles. The maximum absolute atomic E-state index is 10.2. The number of nitrogens with zero attached hydrogens (tertiary/aromatic N) is 2. The Morgan fingerprint density at radius 3 is 2.57 bits per heavy atom. The second-order valence-corrected chi connectivity index (χ2v) is 7.38. The van der Waals surface area contributed by atoms with Crippen molar-refractivity contribution in [3.8, 4) is 5.75 Å². The highest BCUT2D eigenvalue weighted by molar-refractivity contribution is 7.99. The number of thioether (sulfide) groups is 1. The van der Waals surface area contributed by atoms with Gasteiger partial charge in [-0.1, -0.05) is 72.4 Å². The summed E-state index contributed by atoms with van der Waals surface area (Å²) in [6.45, 7) is 0.205. The van der Waals surface area contributed by atoms with E-state index in [0.717, 1.165) is 22.1 Å². The van der Waals surface area contributed by atoms with E-state index < -0.39 is 6.10 Å². The van der Waals surface area contributed by atoms with Gasteiger partial charge in [0.1, 0.15) is 12.4 Å². The first-order valence-corrected chi connectivity index (χ1v) is 10.0. The molecule has 0 amide bonds. The molecule has 0 saturated carbocycles. The fourth-order valence-corrected chi connectivity index (χ4v) is 3.49. The lowest BCUT2D eigenvalue weighted by atomic mass is 10.1. The van der Waals surface area contributed by atoms with Gasteiger partial charge >= 0.3 is 0 Å². The summed E-state index contributed by atoms with van der Waals surface area (Å²) in [7, 11) is 0. The van der Waals surface area contributed by atoms with Crippen molar-refractivity contribution in [3.05, 3.63) is 84.3 Å². The lowest BCUT2D eigenvalue weighted by molar-refractivity contribution is 0.126. The van der Waals surface area contributed by atoms with E-state index in [2.05, 4.69) is 16.3 Å². The highest BCUT2D eigenvalue weighted by Crippen LogP contribution is 2.22. The van der Waals surface area contributed by atoms with E-state index in [0.29, 0.717) is 23.3 Å². The van der Waals surface area contributed by atoms with E-state index in [1.807, 2.05) is 66.7 Å². The molecule has 0 aliphatic carbocycles. The quantitative estimate of drug-likeness (QED) is 0.450. The lowest BCUT2D eigenvalue weighted by Crippen LogP contribution is -2.20. The van der Waals surface area contributed by atoms with Gasteiger partial charge in [-0.2, -0.15) is 0 Å². The Morgan fingerprint density at radius 1 is 0.929 bits per heavy atom. The highest BCUT2D eigenvalue weighted by atomic mass is 32.2. The van der Waals surface area contributed by atoms with Crippen molar-refractivity contribution in [2.45, 2.75) is 17.7 Å². The highest BCUT2D eigenvalue weighted by Gasteiger charge is 2.12. The van der Waals surface area contributed by atoms with Crippen molar-refractivity contribution in [3.63, 3.8) is 0 Å². The van der Waals surface area contributed by atoms with Crippen LogP contribution in [0.25, 0.3) is 10.8 Å². The van der Waals surface area contributed by atoms with E-state index >= 15 is 0 Å². The molecule has 0 fully saturated rings. The zero-order chi connectivity index (χ0) is 19.2. The summed E-state index contributed by atoms with van der Waals surface area (Å²) in [6.07, 6.45) is -0.0388. The van der Waals surface area contributed by atoms with Gasteiger partial charge in [0.15, 0.2) is 0 Å². The van der Waals surface area contributed by atoms with E-state index in [1.54, 1.807) is 0 Å². The second-order valence-electron chi connectivity index (χ2n) is 6.41. The fourth-order valence-electron chi connectivity index (χ4n) is 2.80. The van der Waals surface area contributed by atoms with Crippen LogP contribution in [-0.2, 0) is 6.42 Å². The van der Waals surface area contributed by atoms with E-state index in [4.69, 9.17) is 9.15 Å². The third-order valence-corrected chi connectivity index (χ3v) is 5.17. The first kappa shape index (κ1) is 18.5. The monoisotopic (exact) mass is 392 g/mol. The number of aliphatic hydroxyl groups is 1. The molecule has 1 N–H and O–H groups in total. The summed E-state index contributed by atoms with van der Waals surface area (Å²) < 4.78 is 11.4. The zero-order valence-electron chi connectivity index (χ0n) is 15.2. The molecule has 4 aromatic rings. The number of hydrogen-bond donors (Lipinski definition) is 1. The summed E-state index contributed by atoms with van der Waals surface area (Å²) in [5.41, 5.74) is 1.12. The normalized spacial score (nSPS) is 12.2. The Labute approximate surface area is 167 Å². The molecule has 0 spiro atoms. The molecule has 142 valence electrons. The van der Waals surface area contributed by atoms with Crippen molar-refractivity contribution in [1.82, 2.24) is 10.2 Å². The molecule has 1 aromatic heterocycles. The van der Waals surface area contributed by atoms with Crippen LogP contribution in [0, 0.1) is 0 Å². The van der Waals surface area contributed by atoms with Crippen molar-refractivity contribution in [1.29, 1.82) is 0 Å². The predicted octanol–water partition coefficient (Wildman–Crippen LogP) is 4.35. The molecule has 4 rings (SSSR count). The van der Waals surface area contributed by atoms with Gasteiger partial charge in [-0.15, -0.1) is 10.2 Å². The summed E-state index contributed by atoms with van der Waals surface area (Å²) in [4.78, 5) is 0. The van der Waals surface area contributed by atoms with Crippen molar-refractivity contribution in [2.75, 3.05) is 12.4 Å². The van der Waals surface area contributed by atoms with Crippen LogP contribution in [0.2, 0.25) is 0 Å². The molecule has 6 heteroatoms. The number of aromatic nitrogens is 2. The molecule has 28 heavy (non-hydrogen) atoms. The van der Waals surface area contributed by atoms with Crippen LogP contribution in [0.1, 0.15) is 11.5 Å². The Bertz CT molecular complexity index is 1040. The number of hydrogen-bond acceptors (Lipinski definition) is 6. The minimum absolute atomic E-state index is 0.205. The molecule has 5 nitrogen and oxygen atoms in total. The summed E-state index contributed by atoms with van der Waals surface area (Å²) >= 11 is 1.33. The minimum atomic E-state index is -0.638. The maximum Gasteiger partial charge on any atom is 0.276 e. The molecular formula is C22H20N2O3S. The van der Waals surface area contributed by atoms with E-state index in [1.165, 1.54) is 11.8 Å². The summed E-state index contributed by atoms with van der Waals surface area (Å²) in [5.74, 6) is 1.72. The Balaban J connectivity index is 1.25. The van der Waals surface area contributed by atoms with Crippen molar-refractivity contribution >= 4 is 22.5 Å². The average Bonchev–Trinajstić information content (AvgIpc) is 3.18. The van der Waals surface area contributed by atoms with Crippen molar-refractivity contribution in [2.24, 2.45) is 0 Å². The Morgan fingerprint density at radius 2 is 1.71 bits per heavy atom. The number of rotatable bonds is 8. The van der Waals surface area contributed by atoms with Gasteiger partial charge in [0.25, 0.3) is 5.22 Å². The topological polar surface area (TPSA) is 68.4 Å². The first-order chi connectivity index (χ1) is 13.8. The van der Waals surface area contributed by atoms with E-state index in [-0.39, 0.29) is 6.61 Å². The SMILES string of the molecule is O[C@H](COc1ccc2ccccc2c1)CSc1nnc(Cc2ccccc2)o1. The maximum atomic E-state index is 10.2. The predicted molar refractivity (Wildman–Crippen MR) is 110 cm³/mol.